The first-order valence-electron chi connectivity index (χ1n) is 12.9. The van der Waals surface area contributed by atoms with Crippen molar-refractivity contribution in [3.05, 3.63) is 131 Å². The zero-order valence-corrected chi connectivity index (χ0v) is 21.0. The molecule has 0 unspecified atom stereocenters. The number of hydrogen-bond acceptors (Lipinski definition) is 3. The first kappa shape index (κ1) is 23.8. The normalized spacial score (nSPS) is 13.9. The van der Waals surface area contributed by atoms with E-state index in [9.17, 15) is 9.65 Å². The van der Waals surface area contributed by atoms with Crippen molar-refractivity contribution in [3.63, 3.8) is 0 Å². The molecule has 0 atom stereocenters. The van der Waals surface area contributed by atoms with Crippen LogP contribution in [0.15, 0.2) is 103 Å². The Morgan fingerprint density at radius 2 is 1.66 bits per heavy atom. The van der Waals surface area contributed by atoms with Crippen LogP contribution in [-0.4, -0.2) is 28.0 Å². The SMILES string of the molecule is N#Cc1cccc(-c2ccc(C(=C3CCN(Cc4ccccc4)CC3)c3nc4ccc(F)cc4[nH]3)cc2)c1. The molecule has 6 rings (SSSR count). The van der Waals surface area contributed by atoms with Gasteiger partial charge >= 0.3 is 0 Å². The number of imidazole rings is 1. The van der Waals surface area contributed by atoms with E-state index in [1.165, 1.54) is 23.3 Å². The Kier molecular flexibility index (Phi) is 6.56. The summed E-state index contributed by atoms with van der Waals surface area (Å²) in [5.74, 6) is 0.497. The Balaban J connectivity index is 1.35. The first-order valence-corrected chi connectivity index (χ1v) is 12.9. The van der Waals surface area contributed by atoms with Crippen LogP contribution in [0.25, 0.3) is 27.7 Å². The number of likely N-dealkylation sites (tertiary alicyclic amines) is 1. The van der Waals surface area contributed by atoms with Gasteiger partial charge in [-0.15, -0.1) is 0 Å². The number of aromatic nitrogens is 2. The summed E-state index contributed by atoms with van der Waals surface area (Å²) in [5.41, 5.74) is 9.03. The number of H-pyrrole nitrogens is 1. The van der Waals surface area contributed by atoms with Crippen molar-refractivity contribution < 1.29 is 4.39 Å². The minimum atomic E-state index is -0.278. The van der Waals surface area contributed by atoms with E-state index in [0.29, 0.717) is 11.1 Å². The Hall–Kier alpha value is -4.53. The molecule has 1 aliphatic rings. The molecule has 4 aromatic carbocycles. The van der Waals surface area contributed by atoms with Gasteiger partial charge in [0.15, 0.2) is 0 Å². The summed E-state index contributed by atoms with van der Waals surface area (Å²) < 4.78 is 13.9. The molecule has 1 saturated heterocycles. The van der Waals surface area contributed by atoms with Crippen LogP contribution in [0, 0.1) is 17.1 Å². The van der Waals surface area contributed by atoms with E-state index in [4.69, 9.17) is 4.98 Å². The number of aromatic amines is 1. The summed E-state index contributed by atoms with van der Waals surface area (Å²) in [4.78, 5) is 10.7. The highest BCUT2D eigenvalue weighted by atomic mass is 19.1. The average Bonchev–Trinajstić information content (AvgIpc) is 3.37. The maximum absolute atomic E-state index is 13.9. The molecule has 1 N–H and O–H groups in total. The monoisotopic (exact) mass is 498 g/mol. The fraction of sp³-hybridized carbons (Fsp3) is 0.152. The minimum Gasteiger partial charge on any atom is -0.338 e. The van der Waals surface area contributed by atoms with Crippen LogP contribution >= 0.6 is 0 Å². The van der Waals surface area contributed by atoms with Gasteiger partial charge in [0.2, 0.25) is 0 Å². The van der Waals surface area contributed by atoms with E-state index in [1.54, 1.807) is 6.07 Å². The van der Waals surface area contributed by atoms with Crippen molar-refractivity contribution >= 4 is 16.6 Å². The lowest BCUT2D eigenvalue weighted by Gasteiger charge is -2.30. The number of nitrogens with zero attached hydrogens (tertiary/aromatic N) is 3. The zero-order valence-electron chi connectivity index (χ0n) is 21.0. The number of halogens is 1. The largest absolute Gasteiger partial charge is 0.338 e. The lowest BCUT2D eigenvalue weighted by molar-refractivity contribution is 0.248. The number of nitrogens with one attached hydrogen (secondary N) is 1. The second-order valence-corrected chi connectivity index (χ2v) is 9.76. The highest BCUT2D eigenvalue weighted by molar-refractivity contribution is 5.85. The standard InChI is InChI=1S/C33H27FN4/c34-29-13-14-30-31(20-29)37-33(36-30)32(27-15-17-38(18-16-27)22-23-5-2-1-3-6-23)26-11-9-25(10-12-26)28-8-4-7-24(19-28)21-35/h1-14,19-20H,15-18,22H2,(H,36,37). The van der Waals surface area contributed by atoms with Crippen molar-refractivity contribution in [1.29, 1.82) is 5.26 Å². The van der Waals surface area contributed by atoms with Gasteiger partial charge < -0.3 is 4.98 Å². The number of fused-ring (bicyclic) bond motifs is 1. The Bertz CT molecular complexity index is 1650. The quantitative estimate of drug-likeness (QED) is 0.276. The van der Waals surface area contributed by atoms with E-state index in [0.717, 1.165) is 66.1 Å². The molecule has 4 nitrogen and oxygen atoms in total. The van der Waals surface area contributed by atoms with E-state index in [-0.39, 0.29) is 5.82 Å². The van der Waals surface area contributed by atoms with Gasteiger partial charge in [-0.1, -0.05) is 72.3 Å². The van der Waals surface area contributed by atoms with Gasteiger partial charge in [-0.25, -0.2) is 9.37 Å². The maximum Gasteiger partial charge on any atom is 0.139 e. The molecular weight excluding hydrogens is 471 g/mol. The van der Waals surface area contributed by atoms with E-state index >= 15 is 0 Å². The first-order chi connectivity index (χ1) is 18.7. The van der Waals surface area contributed by atoms with Crippen LogP contribution in [0.1, 0.15) is 35.4 Å². The Morgan fingerprint density at radius 3 is 2.42 bits per heavy atom. The zero-order chi connectivity index (χ0) is 25.9. The topological polar surface area (TPSA) is 55.7 Å². The third kappa shape index (κ3) is 5.00. The van der Waals surface area contributed by atoms with Crippen molar-refractivity contribution in [2.24, 2.45) is 0 Å². The molecule has 5 aromatic rings. The smallest absolute Gasteiger partial charge is 0.139 e. The molecule has 0 radical (unpaired) electrons. The third-order valence-corrected chi connectivity index (χ3v) is 7.24. The number of rotatable bonds is 5. The maximum atomic E-state index is 13.9. The van der Waals surface area contributed by atoms with Gasteiger partial charge in [0.1, 0.15) is 11.6 Å². The van der Waals surface area contributed by atoms with Crippen LogP contribution in [-0.2, 0) is 6.54 Å². The molecule has 2 heterocycles. The molecule has 1 fully saturated rings. The van der Waals surface area contributed by atoms with E-state index in [2.05, 4.69) is 70.6 Å². The molecule has 1 aromatic heterocycles. The summed E-state index contributed by atoms with van der Waals surface area (Å²) in [5, 5.41) is 9.28. The summed E-state index contributed by atoms with van der Waals surface area (Å²) in [7, 11) is 0. The number of benzene rings is 4. The highest BCUT2D eigenvalue weighted by Crippen LogP contribution is 2.34. The lowest BCUT2D eigenvalue weighted by Crippen LogP contribution is -2.30. The van der Waals surface area contributed by atoms with Crippen LogP contribution in [0.4, 0.5) is 4.39 Å². The van der Waals surface area contributed by atoms with Crippen molar-refractivity contribution in [3.8, 4) is 17.2 Å². The van der Waals surface area contributed by atoms with Crippen LogP contribution < -0.4 is 0 Å². The number of hydrogen-bond donors (Lipinski definition) is 1. The fourth-order valence-electron chi connectivity index (χ4n) is 5.28. The van der Waals surface area contributed by atoms with Crippen LogP contribution in [0.3, 0.4) is 0 Å². The van der Waals surface area contributed by atoms with Gasteiger partial charge in [0, 0.05) is 25.2 Å². The molecule has 0 aliphatic carbocycles. The molecule has 0 spiro atoms. The predicted molar refractivity (Wildman–Crippen MR) is 150 cm³/mol. The lowest BCUT2D eigenvalue weighted by atomic mass is 9.91. The summed E-state index contributed by atoms with van der Waals surface area (Å²) in [6.07, 6.45) is 1.89. The molecule has 186 valence electrons. The number of nitriles is 1. The second-order valence-electron chi connectivity index (χ2n) is 9.76. The van der Waals surface area contributed by atoms with Gasteiger partial charge in [0.25, 0.3) is 0 Å². The molecule has 38 heavy (non-hydrogen) atoms. The molecule has 0 amide bonds. The predicted octanol–water partition coefficient (Wildman–Crippen LogP) is 7.34. The van der Waals surface area contributed by atoms with Crippen molar-refractivity contribution in [2.45, 2.75) is 19.4 Å². The molecule has 5 heteroatoms. The van der Waals surface area contributed by atoms with Crippen molar-refractivity contribution in [1.82, 2.24) is 14.9 Å². The van der Waals surface area contributed by atoms with Crippen LogP contribution in [0.2, 0.25) is 0 Å². The molecule has 0 saturated carbocycles. The van der Waals surface area contributed by atoms with Gasteiger partial charge in [-0.2, -0.15) is 5.26 Å². The second kappa shape index (κ2) is 10.5. The molecule has 0 bridgehead atoms. The number of piperidine rings is 1. The minimum absolute atomic E-state index is 0.278. The Morgan fingerprint density at radius 1 is 0.868 bits per heavy atom. The van der Waals surface area contributed by atoms with Gasteiger partial charge in [0.05, 0.1) is 22.7 Å². The summed E-state index contributed by atoms with van der Waals surface area (Å²) in [6, 6.07) is 33.6. The Labute approximate surface area is 221 Å². The van der Waals surface area contributed by atoms with Crippen LogP contribution in [0.5, 0.6) is 0 Å². The molecule has 1 aliphatic heterocycles. The van der Waals surface area contributed by atoms with Crippen molar-refractivity contribution in [2.75, 3.05) is 13.1 Å². The summed E-state index contributed by atoms with van der Waals surface area (Å²) in [6.45, 7) is 2.90. The molecular formula is C33H27FN4. The average molecular weight is 499 g/mol. The highest BCUT2D eigenvalue weighted by Gasteiger charge is 2.21. The third-order valence-electron chi connectivity index (χ3n) is 7.24. The fourth-order valence-corrected chi connectivity index (χ4v) is 5.28. The van der Waals surface area contributed by atoms with Gasteiger partial charge in [-0.3, -0.25) is 4.90 Å². The summed E-state index contributed by atoms with van der Waals surface area (Å²) >= 11 is 0. The van der Waals surface area contributed by atoms with Gasteiger partial charge in [-0.05, 0) is 65.4 Å². The van der Waals surface area contributed by atoms with E-state index < -0.39 is 0 Å². The van der Waals surface area contributed by atoms with E-state index in [1.807, 2.05) is 24.3 Å².